The minimum absolute atomic E-state index is 0.0168. The number of benzene rings is 3. The number of hydrogen-bond acceptors (Lipinski definition) is 7. The fraction of sp³-hybridized carbons (Fsp3) is 0.207. The number of amides is 1. The summed E-state index contributed by atoms with van der Waals surface area (Å²) in [5.74, 6) is 0.0981. The number of carbonyl (C=O) groups is 1. The average Bonchev–Trinajstić information content (AvgIpc) is 2.93. The molecule has 0 spiro atoms. The molecule has 1 aromatic heterocycles. The number of hydrogen-bond donors (Lipinski definition) is 3. The highest BCUT2D eigenvalue weighted by molar-refractivity contribution is 5.99. The number of anilines is 1. The van der Waals surface area contributed by atoms with Gasteiger partial charge in [0.1, 0.15) is 5.75 Å². The van der Waals surface area contributed by atoms with Crippen molar-refractivity contribution in [1.29, 1.82) is 0 Å². The highest BCUT2D eigenvalue weighted by Gasteiger charge is 2.23. The molecular formula is C29H30N4O4. The monoisotopic (exact) mass is 498 g/mol. The highest BCUT2D eigenvalue weighted by atomic mass is 16.3. The van der Waals surface area contributed by atoms with Crippen LogP contribution in [-0.2, 0) is 6.54 Å². The Balaban J connectivity index is 1.65. The van der Waals surface area contributed by atoms with Crippen LogP contribution in [0.1, 0.15) is 27.6 Å². The summed E-state index contributed by atoms with van der Waals surface area (Å²) in [6.45, 7) is 0.765. The van der Waals surface area contributed by atoms with Crippen LogP contribution in [0.2, 0.25) is 0 Å². The maximum Gasteiger partial charge on any atom is 0.257 e. The first-order valence-corrected chi connectivity index (χ1v) is 12.0. The van der Waals surface area contributed by atoms with Gasteiger partial charge in [0, 0.05) is 31.9 Å². The maximum atomic E-state index is 13.5. The first-order valence-electron chi connectivity index (χ1n) is 12.0. The second-order valence-corrected chi connectivity index (χ2v) is 8.73. The van der Waals surface area contributed by atoms with Gasteiger partial charge in [0.25, 0.3) is 5.91 Å². The molecule has 8 heteroatoms. The van der Waals surface area contributed by atoms with Crippen LogP contribution in [0.25, 0.3) is 11.3 Å². The molecule has 4 aromatic rings. The first-order chi connectivity index (χ1) is 18.0. The minimum Gasteiger partial charge on any atom is -0.508 e. The molecule has 0 fully saturated rings. The van der Waals surface area contributed by atoms with Crippen LogP contribution in [0.4, 0.5) is 5.95 Å². The van der Waals surface area contributed by atoms with Gasteiger partial charge in [-0.3, -0.25) is 4.79 Å². The molecule has 0 saturated carbocycles. The number of phenols is 1. The van der Waals surface area contributed by atoms with Crippen molar-refractivity contribution >= 4 is 11.9 Å². The first kappa shape index (κ1) is 25.8. The molecule has 1 heterocycles. The summed E-state index contributed by atoms with van der Waals surface area (Å²) >= 11 is 0. The van der Waals surface area contributed by atoms with Gasteiger partial charge in [0.2, 0.25) is 5.95 Å². The van der Waals surface area contributed by atoms with Crippen molar-refractivity contribution in [2.45, 2.75) is 12.6 Å². The third kappa shape index (κ3) is 6.49. The Morgan fingerprint density at radius 2 is 1.68 bits per heavy atom. The van der Waals surface area contributed by atoms with Crippen LogP contribution in [0.5, 0.6) is 5.75 Å². The smallest absolute Gasteiger partial charge is 0.257 e. The predicted molar refractivity (Wildman–Crippen MR) is 142 cm³/mol. The lowest BCUT2D eigenvalue weighted by molar-refractivity contribution is 0.0681. The molecule has 1 amide bonds. The lowest BCUT2D eigenvalue weighted by Gasteiger charge is -2.25. The van der Waals surface area contributed by atoms with Crippen molar-refractivity contribution in [2.75, 3.05) is 31.6 Å². The molecule has 0 radical (unpaired) electrons. The molecule has 1 atom stereocenters. The Kier molecular flexibility index (Phi) is 8.45. The normalized spacial score (nSPS) is 11.6. The second-order valence-electron chi connectivity index (χ2n) is 8.73. The zero-order valence-electron chi connectivity index (χ0n) is 20.6. The van der Waals surface area contributed by atoms with E-state index in [4.69, 9.17) is 4.98 Å². The number of aliphatic hydroxyl groups excluding tert-OH is 2. The molecule has 0 aliphatic carbocycles. The molecule has 3 aromatic carbocycles. The summed E-state index contributed by atoms with van der Waals surface area (Å²) in [7, 11) is 1.60. The van der Waals surface area contributed by atoms with Gasteiger partial charge >= 0.3 is 0 Å². The Bertz CT molecular complexity index is 1320. The molecule has 0 saturated heterocycles. The number of aromatic nitrogens is 2. The highest BCUT2D eigenvalue weighted by Crippen LogP contribution is 2.26. The summed E-state index contributed by atoms with van der Waals surface area (Å²) in [5, 5.41) is 30.0. The molecule has 1 unspecified atom stereocenters. The number of phenolic OH excluding ortho intramolecular Hbond substituents is 1. The van der Waals surface area contributed by atoms with Crippen molar-refractivity contribution < 1.29 is 20.1 Å². The van der Waals surface area contributed by atoms with E-state index in [1.807, 2.05) is 65.6 Å². The summed E-state index contributed by atoms with van der Waals surface area (Å²) < 4.78 is 0. The van der Waals surface area contributed by atoms with Gasteiger partial charge in [0.15, 0.2) is 0 Å². The molecule has 0 aliphatic heterocycles. The number of rotatable bonds is 10. The van der Waals surface area contributed by atoms with Crippen molar-refractivity contribution in [3.05, 3.63) is 108 Å². The fourth-order valence-corrected chi connectivity index (χ4v) is 4.06. The fourth-order valence-electron chi connectivity index (χ4n) is 4.06. The van der Waals surface area contributed by atoms with Crippen molar-refractivity contribution in [2.24, 2.45) is 0 Å². The summed E-state index contributed by atoms with van der Waals surface area (Å²) in [5.41, 5.74) is 3.06. The van der Waals surface area contributed by atoms with Crippen molar-refractivity contribution in [1.82, 2.24) is 14.9 Å². The molecule has 8 nitrogen and oxygen atoms in total. The predicted octanol–water partition coefficient (Wildman–Crippen LogP) is 3.65. The number of likely N-dealkylation sites (N-methyl/N-ethyl adjacent to an activating group) is 1. The van der Waals surface area contributed by atoms with Crippen LogP contribution in [0, 0.1) is 0 Å². The Morgan fingerprint density at radius 1 is 0.973 bits per heavy atom. The van der Waals surface area contributed by atoms with Crippen LogP contribution >= 0.6 is 0 Å². The van der Waals surface area contributed by atoms with E-state index in [2.05, 4.69) is 4.98 Å². The molecule has 0 aliphatic rings. The molecule has 0 bridgehead atoms. The van der Waals surface area contributed by atoms with Crippen molar-refractivity contribution in [3.8, 4) is 17.0 Å². The van der Waals surface area contributed by atoms with Gasteiger partial charge < -0.3 is 25.1 Å². The Hall–Kier alpha value is -4.27. The Labute approximate surface area is 216 Å². The molecule has 37 heavy (non-hydrogen) atoms. The van der Waals surface area contributed by atoms with E-state index >= 15 is 0 Å². The Morgan fingerprint density at radius 3 is 2.35 bits per heavy atom. The zero-order valence-corrected chi connectivity index (χ0v) is 20.6. The van der Waals surface area contributed by atoms with E-state index < -0.39 is 6.10 Å². The van der Waals surface area contributed by atoms with Crippen molar-refractivity contribution in [3.63, 3.8) is 0 Å². The lowest BCUT2D eigenvalue weighted by Crippen LogP contribution is -2.32. The zero-order chi connectivity index (χ0) is 26.2. The van der Waals surface area contributed by atoms with Gasteiger partial charge in [-0.25, -0.2) is 9.97 Å². The van der Waals surface area contributed by atoms with Crippen LogP contribution in [-0.4, -0.2) is 62.8 Å². The number of aromatic hydroxyl groups is 1. The standard InChI is InChI=1S/C29H30N4O4/c1-32(20-26(36)23-13-8-14-24(35)17-23)28(37)25-18-30-29(31-27(25)22-11-6-3-7-12-22)33(15-16-34)19-21-9-4-2-5-10-21/h2-14,17-18,26,34-36H,15-16,19-20H2,1H3. The van der Waals surface area contributed by atoms with Crippen LogP contribution in [0.3, 0.4) is 0 Å². The third-order valence-corrected chi connectivity index (χ3v) is 5.97. The van der Waals surface area contributed by atoms with Crippen LogP contribution in [0.15, 0.2) is 91.1 Å². The quantitative estimate of drug-likeness (QED) is 0.306. The lowest BCUT2D eigenvalue weighted by atomic mass is 10.1. The second kappa shape index (κ2) is 12.1. The third-order valence-electron chi connectivity index (χ3n) is 5.97. The van der Waals surface area contributed by atoms with E-state index in [1.165, 1.54) is 23.2 Å². The van der Waals surface area contributed by atoms with Gasteiger partial charge in [-0.2, -0.15) is 0 Å². The maximum absolute atomic E-state index is 13.5. The summed E-state index contributed by atoms with van der Waals surface area (Å²) in [4.78, 5) is 26.0. The molecule has 3 N–H and O–H groups in total. The van der Waals surface area contributed by atoms with E-state index in [9.17, 15) is 20.1 Å². The number of carbonyl (C=O) groups excluding carboxylic acids is 1. The van der Waals surface area contributed by atoms with Gasteiger partial charge in [-0.15, -0.1) is 0 Å². The average molecular weight is 499 g/mol. The SMILES string of the molecule is CN(CC(O)c1cccc(O)c1)C(=O)c1cnc(N(CCO)Cc2ccccc2)nc1-c1ccccc1. The summed E-state index contributed by atoms with van der Waals surface area (Å²) in [6, 6.07) is 25.5. The van der Waals surface area contributed by atoms with E-state index in [0.717, 1.165) is 11.1 Å². The molecule has 190 valence electrons. The van der Waals surface area contributed by atoms with Gasteiger partial charge in [0.05, 0.1) is 30.5 Å². The molecular weight excluding hydrogens is 468 g/mol. The van der Waals surface area contributed by atoms with E-state index in [0.29, 0.717) is 35.9 Å². The topological polar surface area (TPSA) is 110 Å². The summed E-state index contributed by atoms with van der Waals surface area (Å²) in [6.07, 6.45) is 0.520. The van der Waals surface area contributed by atoms with E-state index in [1.54, 1.807) is 19.2 Å². The van der Waals surface area contributed by atoms with E-state index in [-0.39, 0.29) is 24.8 Å². The van der Waals surface area contributed by atoms with Crippen LogP contribution < -0.4 is 4.90 Å². The van der Waals surface area contributed by atoms with Gasteiger partial charge in [-0.1, -0.05) is 72.8 Å². The number of nitrogens with zero attached hydrogens (tertiary/aromatic N) is 4. The minimum atomic E-state index is -0.979. The number of aliphatic hydroxyl groups is 2. The van der Waals surface area contributed by atoms with Gasteiger partial charge in [-0.05, 0) is 23.3 Å². The largest absolute Gasteiger partial charge is 0.508 e. The molecule has 4 rings (SSSR count).